The smallest absolute Gasteiger partial charge is 0.235 e. The van der Waals surface area contributed by atoms with Gasteiger partial charge in [0.25, 0.3) is 0 Å². The quantitative estimate of drug-likeness (QED) is 0.782. The number of benzene rings is 1. The van der Waals surface area contributed by atoms with Crippen LogP contribution in [-0.2, 0) is 10.0 Å². The fraction of sp³-hybridized carbons (Fsp3) is 0.429. The highest BCUT2D eigenvalue weighted by atomic mass is 32.2. The second-order valence-corrected chi connectivity index (χ2v) is 6.88. The van der Waals surface area contributed by atoms with E-state index in [9.17, 15) is 8.42 Å². The van der Waals surface area contributed by atoms with E-state index in [1.165, 1.54) is 4.31 Å². The van der Waals surface area contributed by atoms with E-state index in [1.54, 1.807) is 0 Å². The molecule has 1 saturated heterocycles. The second-order valence-electron chi connectivity index (χ2n) is 4.94. The summed E-state index contributed by atoms with van der Waals surface area (Å²) in [7, 11) is -3.22. The monoisotopic (exact) mass is 278 g/mol. The summed E-state index contributed by atoms with van der Waals surface area (Å²) in [6.07, 6.45) is 0. The predicted octanol–water partition coefficient (Wildman–Crippen LogP) is 1.09. The maximum Gasteiger partial charge on any atom is 0.235 e. The maximum atomic E-state index is 12.1. The van der Waals surface area contributed by atoms with Gasteiger partial charge in [0, 0.05) is 12.1 Å². The molecule has 2 rings (SSSR count). The van der Waals surface area contributed by atoms with Crippen LogP contribution in [-0.4, -0.2) is 27.3 Å². The van der Waals surface area contributed by atoms with Crippen molar-refractivity contribution in [3.05, 3.63) is 29.3 Å². The molecule has 1 aliphatic rings. The number of aryl methyl sites for hydroxylation is 1. The van der Waals surface area contributed by atoms with Crippen molar-refractivity contribution in [2.24, 2.45) is 11.7 Å². The summed E-state index contributed by atoms with van der Waals surface area (Å²) in [4.78, 5) is 0. The fourth-order valence-electron chi connectivity index (χ4n) is 2.26. The van der Waals surface area contributed by atoms with E-state index in [2.05, 4.69) is 11.8 Å². The largest absolute Gasteiger partial charge is 0.320 e. The topological polar surface area (TPSA) is 63.4 Å². The first-order valence-electron chi connectivity index (χ1n) is 6.24. The lowest BCUT2D eigenvalue weighted by molar-refractivity contribution is 0.598. The maximum absolute atomic E-state index is 12.1. The minimum absolute atomic E-state index is 0.140. The van der Waals surface area contributed by atoms with Gasteiger partial charge in [0.15, 0.2) is 0 Å². The number of sulfonamides is 1. The van der Waals surface area contributed by atoms with E-state index in [1.807, 2.05) is 32.0 Å². The van der Waals surface area contributed by atoms with Crippen molar-refractivity contribution in [2.75, 3.05) is 23.1 Å². The molecule has 0 aliphatic carbocycles. The number of nitrogens with zero attached hydrogens (tertiary/aromatic N) is 1. The molecule has 0 radical (unpaired) electrons. The molecule has 0 aromatic heterocycles. The van der Waals surface area contributed by atoms with Gasteiger partial charge in [-0.2, -0.15) is 0 Å². The molecule has 1 aromatic rings. The van der Waals surface area contributed by atoms with Crippen LogP contribution in [0.4, 0.5) is 5.69 Å². The summed E-state index contributed by atoms with van der Waals surface area (Å²) in [5, 5.41) is 0. The summed E-state index contributed by atoms with van der Waals surface area (Å²) in [5.74, 6) is 6.09. The summed E-state index contributed by atoms with van der Waals surface area (Å²) >= 11 is 0. The van der Waals surface area contributed by atoms with Crippen LogP contribution in [0, 0.1) is 24.7 Å². The molecule has 1 aliphatic heterocycles. The molecule has 0 amide bonds. The Morgan fingerprint density at radius 2 is 2.21 bits per heavy atom. The summed E-state index contributed by atoms with van der Waals surface area (Å²) in [6, 6.07) is 5.63. The third-order valence-electron chi connectivity index (χ3n) is 3.05. The predicted molar refractivity (Wildman–Crippen MR) is 77.4 cm³/mol. The van der Waals surface area contributed by atoms with Crippen molar-refractivity contribution in [1.29, 1.82) is 0 Å². The lowest BCUT2D eigenvalue weighted by atomic mass is 10.1. The van der Waals surface area contributed by atoms with Gasteiger partial charge in [0.2, 0.25) is 10.0 Å². The Kier molecular flexibility index (Phi) is 3.83. The molecule has 4 nitrogen and oxygen atoms in total. The van der Waals surface area contributed by atoms with Crippen LogP contribution in [0.25, 0.3) is 0 Å². The van der Waals surface area contributed by atoms with Crippen LogP contribution in [0.1, 0.15) is 18.1 Å². The van der Waals surface area contributed by atoms with E-state index in [0.29, 0.717) is 12.2 Å². The fourth-order valence-corrected chi connectivity index (χ4v) is 4.21. The van der Waals surface area contributed by atoms with Crippen molar-refractivity contribution in [2.45, 2.75) is 13.8 Å². The lowest BCUT2D eigenvalue weighted by Crippen LogP contribution is -2.26. The van der Waals surface area contributed by atoms with E-state index >= 15 is 0 Å². The number of hydrogen-bond donors (Lipinski definition) is 1. The second kappa shape index (κ2) is 5.24. The van der Waals surface area contributed by atoms with Crippen LogP contribution in [0.3, 0.4) is 0 Å². The molecule has 1 aromatic carbocycles. The number of rotatable bonds is 1. The lowest BCUT2D eigenvalue weighted by Gasteiger charge is -2.19. The van der Waals surface area contributed by atoms with Gasteiger partial charge in [0.05, 0.1) is 18.0 Å². The van der Waals surface area contributed by atoms with Gasteiger partial charge < -0.3 is 5.73 Å². The van der Waals surface area contributed by atoms with Crippen LogP contribution in [0.2, 0.25) is 0 Å². The number of anilines is 1. The minimum Gasteiger partial charge on any atom is -0.320 e. The van der Waals surface area contributed by atoms with E-state index in [-0.39, 0.29) is 18.2 Å². The molecule has 102 valence electrons. The normalized spacial score (nSPS) is 21.0. The van der Waals surface area contributed by atoms with E-state index in [0.717, 1.165) is 11.1 Å². The van der Waals surface area contributed by atoms with Gasteiger partial charge in [-0.05, 0) is 30.5 Å². The van der Waals surface area contributed by atoms with Gasteiger partial charge in [0.1, 0.15) is 0 Å². The molecule has 1 fully saturated rings. The zero-order chi connectivity index (χ0) is 14.0. The molecule has 1 heterocycles. The Bertz CT molecular complexity index is 641. The Balaban J connectivity index is 2.51. The SMILES string of the molecule is Cc1ccc(N2CC(C)CS2(=O)=O)c(C#CCN)c1. The van der Waals surface area contributed by atoms with Crippen LogP contribution in [0.5, 0.6) is 0 Å². The Morgan fingerprint density at radius 1 is 1.47 bits per heavy atom. The van der Waals surface area contributed by atoms with Crippen molar-refractivity contribution >= 4 is 15.7 Å². The molecule has 1 unspecified atom stereocenters. The molecule has 1 atom stereocenters. The van der Waals surface area contributed by atoms with Gasteiger partial charge in [-0.3, -0.25) is 4.31 Å². The summed E-state index contributed by atoms with van der Waals surface area (Å²) in [5.41, 5.74) is 7.83. The first kappa shape index (κ1) is 13.9. The van der Waals surface area contributed by atoms with E-state index in [4.69, 9.17) is 5.73 Å². The Morgan fingerprint density at radius 3 is 2.79 bits per heavy atom. The highest BCUT2D eigenvalue weighted by Gasteiger charge is 2.34. The average Bonchev–Trinajstić information content (AvgIpc) is 2.60. The molecule has 2 N–H and O–H groups in total. The molecule has 0 spiro atoms. The van der Waals surface area contributed by atoms with Gasteiger partial charge in [-0.15, -0.1) is 0 Å². The molecule has 0 bridgehead atoms. The third-order valence-corrected chi connectivity index (χ3v) is 5.06. The highest BCUT2D eigenvalue weighted by molar-refractivity contribution is 7.93. The Hall–Kier alpha value is -1.51. The highest BCUT2D eigenvalue weighted by Crippen LogP contribution is 2.30. The van der Waals surface area contributed by atoms with Gasteiger partial charge >= 0.3 is 0 Å². The number of hydrogen-bond acceptors (Lipinski definition) is 3. The van der Waals surface area contributed by atoms with Crippen molar-refractivity contribution in [3.63, 3.8) is 0 Å². The first-order chi connectivity index (χ1) is 8.94. The van der Waals surface area contributed by atoms with E-state index < -0.39 is 10.0 Å². The molecular weight excluding hydrogens is 260 g/mol. The number of nitrogens with two attached hydrogens (primary N) is 1. The average molecular weight is 278 g/mol. The van der Waals surface area contributed by atoms with Crippen molar-refractivity contribution < 1.29 is 8.42 Å². The summed E-state index contributed by atoms with van der Waals surface area (Å²) < 4.78 is 25.7. The summed E-state index contributed by atoms with van der Waals surface area (Å²) in [6.45, 7) is 4.68. The van der Waals surface area contributed by atoms with Crippen LogP contribution < -0.4 is 10.0 Å². The zero-order valence-electron chi connectivity index (χ0n) is 11.2. The first-order valence-corrected chi connectivity index (χ1v) is 7.85. The van der Waals surface area contributed by atoms with Crippen LogP contribution >= 0.6 is 0 Å². The molecule has 19 heavy (non-hydrogen) atoms. The van der Waals surface area contributed by atoms with Crippen molar-refractivity contribution in [3.8, 4) is 11.8 Å². The zero-order valence-corrected chi connectivity index (χ0v) is 12.0. The standard InChI is InChI=1S/C14H18N2O2S/c1-11-5-6-14(13(8-11)4-3-7-15)16-9-12(2)10-19(16,17)18/h5-6,8,12H,7,9-10,15H2,1-2H3. The molecule has 0 saturated carbocycles. The minimum atomic E-state index is -3.22. The molecule has 5 heteroatoms. The Labute approximate surface area is 114 Å². The molecular formula is C14H18N2O2S. The van der Waals surface area contributed by atoms with Gasteiger partial charge in [-0.25, -0.2) is 8.42 Å². The van der Waals surface area contributed by atoms with Gasteiger partial charge in [-0.1, -0.05) is 24.8 Å². The van der Waals surface area contributed by atoms with Crippen molar-refractivity contribution in [1.82, 2.24) is 0 Å². The van der Waals surface area contributed by atoms with Crippen LogP contribution in [0.15, 0.2) is 18.2 Å². The third kappa shape index (κ3) is 2.91.